The van der Waals surface area contributed by atoms with Gasteiger partial charge in [-0.05, 0) is 49.2 Å². The lowest BCUT2D eigenvalue weighted by Crippen LogP contribution is -1.99. The maximum Gasteiger partial charge on any atom is 0.227 e. The molecule has 0 radical (unpaired) electrons. The Morgan fingerprint density at radius 2 is 1.78 bits per heavy atom. The fourth-order valence-electron chi connectivity index (χ4n) is 4.22. The number of aryl methyl sites for hydroxylation is 1. The number of fused-ring (bicyclic) bond motifs is 4. The van der Waals surface area contributed by atoms with Crippen molar-refractivity contribution >= 4 is 33.1 Å². The van der Waals surface area contributed by atoms with E-state index in [0.717, 1.165) is 27.7 Å². The molecule has 0 atom stereocenters. The molecule has 0 amide bonds. The van der Waals surface area contributed by atoms with Gasteiger partial charge >= 0.3 is 0 Å². The molecule has 0 bridgehead atoms. The summed E-state index contributed by atoms with van der Waals surface area (Å²) in [5.74, 6) is 0.860. The predicted octanol–water partition coefficient (Wildman–Crippen LogP) is 6.81. The van der Waals surface area contributed by atoms with Crippen molar-refractivity contribution in [3.05, 3.63) is 84.3 Å². The zero-order chi connectivity index (χ0) is 24.3. The van der Waals surface area contributed by atoms with Crippen molar-refractivity contribution in [3.63, 3.8) is 0 Å². The summed E-state index contributed by atoms with van der Waals surface area (Å²) in [5.41, 5.74) is 4.76. The number of hydrogen-bond donors (Lipinski definition) is 0. The molecule has 6 rings (SSSR count). The van der Waals surface area contributed by atoms with Crippen molar-refractivity contribution in [3.8, 4) is 17.1 Å². The maximum atomic E-state index is 8.09. The zero-order valence-corrected chi connectivity index (χ0v) is 17.7. The third kappa shape index (κ3) is 2.74. The highest BCUT2D eigenvalue weighted by atomic mass is 16.3. The third-order valence-corrected chi connectivity index (χ3v) is 5.80. The molecule has 5 nitrogen and oxygen atoms in total. The highest BCUT2D eigenvalue weighted by Crippen LogP contribution is 2.37. The van der Waals surface area contributed by atoms with Crippen LogP contribution in [0.1, 0.15) is 35.3 Å². The van der Waals surface area contributed by atoms with Crippen LogP contribution in [-0.4, -0.2) is 19.5 Å². The minimum absolute atomic E-state index is 0.0117. The van der Waals surface area contributed by atoms with Crippen LogP contribution in [0.2, 0.25) is 0 Å². The second-order valence-electron chi connectivity index (χ2n) is 8.16. The van der Waals surface area contributed by atoms with Crippen LogP contribution >= 0.6 is 0 Å². The van der Waals surface area contributed by atoms with Gasteiger partial charge in [0, 0.05) is 32.5 Å². The van der Waals surface area contributed by atoms with Crippen LogP contribution in [-0.2, 0) is 0 Å². The standard InChI is InChI=1S/C27H22N4O/c1-16(2)22-13-12-20-19-10-7-11-21(25(19)32-27(20)30-22)26-29-23-14-15-28-17(3)24(23)31(26)18-8-5-4-6-9-18/h4-16H,1-3H3/i3D3. The molecule has 5 heteroatoms. The minimum Gasteiger partial charge on any atom is -0.437 e. The summed E-state index contributed by atoms with van der Waals surface area (Å²) in [6, 6.07) is 21.3. The average Bonchev–Trinajstić information content (AvgIpc) is 3.41. The molecule has 0 saturated heterocycles. The van der Waals surface area contributed by atoms with E-state index in [9.17, 15) is 0 Å². The van der Waals surface area contributed by atoms with E-state index in [-0.39, 0.29) is 11.6 Å². The van der Waals surface area contributed by atoms with Crippen molar-refractivity contribution in [1.82, 2.24) is 19.5 Å². The lowest BCUT2D eigenvalue weighted by molar-refractivity contribution is 0.648. The van der Waals surface area contributed by atoms with Crippen molar-refractivity contribution in [2.45, 2.75) is 26.6 Å². The van der Waals surface area contributed by atoms with Gasteiger partial charge < -0.3 is 4.42 Å². The van der Waals surface area contributed by atoms with Gasteiger partial charge in [0.25, 0.3) is 0 Å². The second-order valence-corrected chi connectivity index (χ2v) is 8.16. The molecule has 4 heterocycles. The molecule has 0 aliphatic heterocycles. The SMILES string of the molecule is [2H]C([2H])([2H])c1nccc2nc(-c3cccc4c3oc3nc(C(C)C)ccc34)n(-c3ccccc3)c12. The third-order valence-electron chi connectivity index (χ3n) is 5.80. The van der Waals surface area contributed by atoms with E-state index >= 15 is 0 Å². The quantitative estimate of drug-likeness (QED) is 0.315. The first kappa shape index (κ1) is 15.8. The van der Waals surface area contributed by atoms with Crippen LogP contribution in [0.25, 0.3) is 50.2 Å². The van der Waals surface area contributed by atoms with Crippen LogP contribution in [0.5, 0.6) is 0 Å². The lowest BCUT2D eigenvalue weighted by Gasteiger charge is -2.10. The van der Waals surface area contributed by atoms with E-state index in [1.807, 2.05) is 65.2 Å². The highest BCUT2D eigenvalue weighted by Gasteiger charge is 2.21. The smallest absolute Gasteiger partial charge is 0.227 e. The van der Waals surface area contributed by atoms with Gasteiger partial charge in [-0.1, -0.05) is 44.2 Å². The fraction of sp³-hybridized carbons (Fsp3) is 0.148. The number of rotatable bonds is 3. The molecule has 6 aromatic rings. The number of pyridine rings is 2. The normalized spacial score (nSPS) is 13.7. The Balaban J connectivity index is 1.72. The van der Waals surface area contributed by atoms with Gasteiger partial charge in [-0.25, -0.2) is 9.97 Å². The maximum absolute atomic E-state index is 8.09. The molecular weight excluding hydrogens is 396 g/mol. The van der Waals surface area contributed by atoms with E-state index in [1.165, 1.54) is 6.20 Å². The minimum atomic E-state index is -2.40. The molecule has 0 fully saturated rings. The molecule has 0 aliphatic carbocycles. The molecule has 0 aliphatic rings. The van der Waals surface area contributed by atoms with Gasteiger partial charge in [-0.15, -0.1) is 0 Å². The molecule has 0 saturated carbocycles. The summed E-state index contributed by atoms with van der Waals surface area (Å²) in [6.07, 6.45) is 1.50. The van der Waals surface area contributed by atoms with Crippen molar-refractivity contribution in [2.24, 2.45) is 0 Å². The second kappa shape index (κ2) is 7.02. The van der Waals surface area contributed by atoms with Gasteiger partial charge in [0.2, 0.25) is 5.71 Å². The Labute approximate surface area is 189 Å². The van der Waals surface area contributed by atoms with Gasteiger partial charge in [0.15, 0.2) is 0 Å². The number of nitrogens with zero attached hydrogens (tertiary/aromatic N) is 4. The monoisotopic (exact) mass is 421 g/mol. The summed E-state index contributed by atoms with van der Waals surface area (Å²) >= 11 is 0. The van der Waals surface area contributed by atoms with E-state index in [0.29, 0.717) is 28.2 Å². The molecule has 32 heavy (non-hydrogen) atoms. The van der Waals surface area contributed by atoms with Gasteiger partial charge in [0.05, 0.1) is 22.3 Å². The molecule has 4 aromatic heterocycles. The fourth-order valence-corrected chi connectivity index (χ4v) is 4.22. The van der Waals surface area contributed by atoms with Crippen molar-refractivity contribution < 1.29 is 8.53 Å². The van der Waals surface area contributed by atoms with Crippen LogP contribution in [0.4, 0.5) is 0 Å². The average molecular weight is 422 g/mol. The zero-order valence-electron chi connectivity index (χ0n) is 20.7. The van der Waals surface area contributed by atoms with E-state index in [4.69, 9.17) is 18.5 Å². The Bertz CT molecular complexity index is 1720. The first-order valence-electron chi connectivity index (χ1n) is 12.1. The summed E-state index contributed by atoms with van der Waals surface area (Å²) in [5, 5.41) is 1.86. The van der Waals surface area contributed by atoms with Gasteiger partial charge in [-0.2, -0.15) is 0 Å². The molecule has 156 valence electrons. The summed E-state index contributed by atoms with van der Waals surface area (Å²) in [4.78, 5) is 13.9. The van der Waals surface area contributed by atoms with Crippen LogP contribution in [0.3, 0.4) is 0 Å². The summed E-state index contributed by atoms with van der Waals surface area (Å²) in [6.45, 7) is 1.80. The lowest BCUT2D eigenvalue weighted by atomic mass is 10.1. The topological polar surface area (TPSA) is 56.7 Å². The molecule has 2 aromatic carbocycles. The molecular formula is C27H22N4O. The summed E-state index contributed by atoms with van der Waals surface area (Å²) in [7, 11) is 0. The highest BCUT2D eigenvalue weighted by molar-refractivity contribution is 6.08. The van der Waals surface area contributed by atoms with Crippen LogP contribution < -0.4 is 0 Å². The van der Waals surface area contributed by atoms with Gasteiger partial charge in [-0.3, -0.25) is 9.55 Å². The Morgan fingerprint density at radius 1 is 0.906 bits per heavy atom. The first-order valence-corrected chi connectivity index (χ1v) is 10.6. The Hall–Kier alpha value is -3.99. The van der Waals surface area contributed by atoms with E-state index in [1.54, 1.807) is 6.07 Å². The van der Waals surface area contributed by atoms with Crippen LogP contribution in [0, 0.1) is 6.85 Å². The number of furan rings is 1. The first-order chi connectivity index (χ1) is 16.8. The number of imidazole rings is 1. The number of para-hydroxylation sites is 2. The predicted molar refractivity (Wildman–Crippen MR) is 128 cm³/mol. The molecule has 0 spiro atoms. The van der Waals surface area contributed by atoms with Crippen molar-refractivity contribution in [1.29, 1.82) is 0 Å². The van der Waals surface area contributed by atoms with Gasteiger partial charge in [0.1, 0.15) is 11.4 Å². The summed E-state index contributed by atoms with van der Waals surface area (Å²) < 4.78 is 32.5. The molecule has 0 N–H and O–H groups in total. The Kier molecular flexibility index (Phi) is 3.46. The molecule has 0 unspecified atom stereocenters. The Morgan fingerprint density at radius 3 is 2.59 bits per heavy atom. The largest absolute Gasteiger partial charge is 0.437 e. The van der Waals surface area contributed by atoms with Crippen molar-refractivity contribution in [2.75, 3.05) is 0 Å². The van der Waals surface area contributed by atoms with E-state index in [2.05, 4.69) is 18.8 Å². The number of hydrogen-bond acceptors (Lipinski definition) is 4. The number of aromatic nitrogens is 4. The number of benzene rings is 2. The van der Waals surface area contributed by atoms with Crippen LogP contribution in [0.15, 0.2) is 77.3 Å². The van der Waals surface area contributed by atoms with E-state index < -0.39 is 6.85 Å².